The van der Waals surface area contributed by atoms with E-state index in [1.165, 1.54) is 0 Å². The molecule has 2 aromatic carbocycles. The molecular formula is C16H12Cl2F4N2O3S. The van der Waals surface area contributed by atoms with Crippen molar-refractivity contribution >= 4 is 41.2 Å². The number of carbonyl (C=O) groups is 1. The third-order valence-corrected chi connectivity index (χ3v) is 4.18. The normalized spacial score (nSPS) is 11.5. The maximum Gasteiger partial charge on any atom is 0.573 e. The molecule has 12 heteroatoms. The third-order valence-electron chi connectivity index (χ3n) is 2.94. The summed E-state index contributed by atoms with van der Waals surface area (Å²) in [6, 6.07) is 5.07. The Kier molecular flexibility index (Phi) is 7.27. The van der Waals surface area contributed by atoms with Gasteiger partial charge in [0.25, 0.3) is 5.91 Å². The standard InChI is InChI=1S/C16H12Cl2F4N2O3S/c1-24(2)28-23-15(25)9-6-11(18)14(7-12(9)19)26-8-3-4-13(10(17)5-8)27-16(20,21)22/h3-7H,1-2H3,(H,23,25). The van der Waals surface area contributed by atoms with Gasteiger partial charge in [-0.1, -0.05) is 23.2 Å². The molecule has 0 aliphatic carbocycles. The monoisotopic (exact) mass is 458 g/mol. The molecule has 0 spiro atoms. The van der Waals surface area contributed by atoms with Crippen LogP contribution in [0.15, 0.2) is 30.3 Å². The third kappa shape index (κ3) is 6.33. The second kappa shape index (κ2) is 9.08. The first-order valence-electron chi connectivity index (χ1n) is 7.33. The SMILES string of the molecule is CN(C)SNC(=O)c1cc(Cl)c(Oc2ccc(OC(F)(F)F)c(Cl)c2)cc1F. The molecule has 0 radical (unpaired) electrons. The van der Waals surface area contributed by atoms with Crippen molar-refractivity contribution in [1.29, 1.82) is 0 Å². The van der Waals surface area contributed by atoms with Gasteiger partial charge in [-0.2, -0.15) is 0 Å². The second-order valence-corrected chi connectivity index (χ2v) is 7.27. The summed E-state index contributed by atoms with van der Waals surface area (Å²) in [6.45, 7) is 0. The van der Waals surface area contributed by atoms with E-state index in [1.54, 1.807) is 18.4 Å². The first-order chi connectivity index (χ1) is 13.0. The van der Waals surface area contributed by atoms with Gasteiger partial charge in [0.05, 0.1) is 15.6 Å². The minimum atomic E-state index is -4.90. The number of carbonyl (C=O) groups excluding carboxylic acids is 1. The Morgan fingerprint density at radius 2 is 1.75 bits per heavy atom. The van der Waals surface area contributed by atoms with E-state index in [9.17, 15) is 22.4 Å². The van der Waals surface area contributed by atoms with Crippen LogP contribution in [0.25, 0.3) is 0 Å². The highest BCUT2D eigenvalue weighted by atomic mass is 35.5. The first-order valence-corrected chi connectivity index (χ1v) is 8.86. The topological polar surface area (TPSA) is 50.8 Å². The molecule has 0 saturated heterocycles. The number of nitrogens with one attached hydrogen (secondary N) is 1. The van der Waals surface area contributed by atoms with E-state index in [2.05, 4.69) is 9.46 Å². The van der Waals surface area contributed by atoms with Crippen LogP contribution >= 0.6 is 35.3 Å². The van der Waals surface area contributed by atoms with Crippen molar-refractivity contribution < 1.29 is 31.8 Å². The Morgan fingerprint density at radius 1 is 1.11 bits per heavy atom. The van der Waals surface area contributed by atoms with Crippen LogP contribution in [-0.4, -0.2) is 30.7 Å². The van der Waals surface area contributed by atoms with Gasteiger partial charge < -0.3 is 9.47 Å². The van der Waals surface area contributed by atoms with Gasteiger partial charge in [0, 0.05) is 24.3 Å². The molecule has 0 saturated carbocycles. The summed E-state index contributed by atoms with van der Waals surface area (Å²) in [4.78, 5) is 12.0. The highest BCUT2D eigenvalue weighted by molar-refractivity contribution is 7.95. The molecule has 5 nitrogen and oxygen atoms in total. The number of hydrogen-bond donors (Lipinski definition) is 1. The Labute approximate surface area is 171 Å². The number of benzene rings is 2. The van der Waals surface area contributed by atoms with Gasteiger partial charge in [-0.25, -0.2) is 8.70 Å². The summed E-state index contributed by atoms with van der Waals surface area (Å²) in [6.07, 6.45) is -4.90. The fourth-order valence-corrected chi connectivity index (χ4v) is 2.63. The fraction of sp³-hybridized carbons (Fsp3) is 0.188. The molecule has 0 aliphatic rings. The van der Waals surface area contributed by atoms with Crippen LogP contribution in [0.4, 0.5) is 17.6 Å². The molecule has 0 unspecified atom stereocenters. The summed E-state index contributed by atoms with van der Waals surface area (Å²) in [7, 11) is 3.36. The number of rotatable bonds is 6. The zero-order valence-corrected chi connectivity index (χ0v) is 16.6. The molecule has 1 N–H and O–H groups in total. The summed E-state index contributed by atoms with van der Waals surface area (Å²) < 4.78 is 64.1. The van der Waals surface area contributed by atoms with Crippen molar-refractivity contribution in [2.45, 2.75) is 6.36 Å². The summed E-state index contributed by atoms with van der Waals surface area (Å²) >= 11 is 12.7. The molecular weight excluding hydrogens is 447 g/mol. The Morgan fingerprint density at radius 3 is 2.32 bits per heavy atom. The van der Waals surface area contributed by atoms with Crippen LogP contribution in [0.5, 0.6) is 17.2 Å². The molecule has 0 aliphatic heterocycles. The zero-order valence-electron chi connectivity index (χ0n) is 14.2. The van der Waals surface area contributed by atoms with Gasteiger partial charge in [-0.05, 0) is 32.3 Å². The number of nitrogens with zero attached hydrogens (tertiary/aromatic N) is 1. The Bertz CT molecular complexity index is 882. The molecule has 0 aromatic heterocycles. The van der Waals surface area contributed by atoms with E-state index < -0.39 is 23.8 Å². The highest BCUT2D eigenvalue weighted by Crippen LogP contribution is 2.37. The second-order valence-electron chi connectivity index (χ2n) is 5.34. The molecule has 0 atom stereocenters. The zero-order chi connectivity index (χ0) is 21.1. The van der Waals surface area contributed by atoms with Crippen LogP contribution in [0.3, 0.4) is 0 Å². The largest absolute Gasteiger partial charge is 0.573 e. The quantitative estimate of drug-likeness (QED) is 0.445. The van der Waals surface area contributed by atoms with Crippen molar-refractivity contribution in [2.75, 3.05) is 14.1 Å². The summed E-state index contributed by atoms with van der Waals surface area (Å²) in [5.74, 6) is -2.40. The van der Waals surface area contributed by atoms with Crippen molar-refractivity contribution in [2.24, 2.45) is 0 Å². The molecule has 2 rings (SSSR count). The molecule has 0 heterocycles. The predicted octanol–water partition coefficient (Wildman–Crippen LogP) is 5.68. The van der Waals surface area contributed by atoms with E-state index in [0.717, 1.165) is 42.5 Å². The van der Waals surface area contributed by atoms with Crippen LogP contribution < -0.4 is 14.2 Å². The summed E-state index contributed by atoms with van der Waals surface area (Å²) in [5, 5.41) is -0.462. The van der Waals surface area contributed by atoms with Crippen molar-refractivity contribution in [3.8, 4) is 17.2 Å². The lowest BCUT2D eigenvalue weighted by atomic mass is 10.2. The fourth-order valence-electron chi connectivity index (χ4n) is 1.85. The number of halogens is 6. The molecule has 28 heavy (non-hydrogen) atoms. The number of alkyl halides is 3. The van der Waals surface area contributed by atoms with Crippen molar-refractivity contribution in [3.05, 3.63) is 51.8 Å². The first kappa shape index (κ1) is 22.4. The van der Waals surface area contributed by atoms with Gasteiger partial charge in [0.15, 0.2) is 0 Å². The average molecular weight is 459 g/mol. The van der Waals surface area contributed by atoms with Gasteiger partial charge in [0.1, 0.15) is 23.1 Å². The van der Waals surface area contributed by atoms with Crippen LogP contribution in [0, 0.1) is 5.82 Å². The maximum absolute atomic E-state index is 14.2. The van der Waals surface area contributed by atoms with Crippen molar-refractivity contribution in [1.82, 2.24) is 9.03 Å². The van der Waals surface area contributed by atoms with Crippen LogP contribution in [0.1, 0.15) is 10.4 Å². The molecule has 0 fully saturated rings. The minimum Gasteiger partial charge on any atom is -0.456 e. The lowest BCUT2D eigenvalue weighted by Crippen LogP contribution is -2.21. The maximum atomic E-state index is 14.2. The van der Waals surface area contributed by atoms with E-state index in [-0.39, 0.29) is 27.1 Å². The van der Waals surface area contributed by atoms with Gasteiger partial charge in [-0.15, -0.1) is 13.2 Å². The smallest absolute Gasteiger partial charge is 0.456 e. The van der Waals surface area contributed by atoms with E-state index in [0.29, 0.717) is 0 Å². The lowest BCUT2D eigenvalue weighted by molar-refractivity contribution is -0.274. The number of hydrogen-bond acceptors (Lipinski definition) is 5. The number of amides is 1. The molecule has 152 valence electrons. The number of ether oxygens (including phenoxy) is 2. The van der Waals surface area contributed by atoms with E-state index in [4.69, 9.17) is 27.9 Å². The average Bonchev–Trinajstić information content (AvgIpc) is 2.57. The summed E-state index contributed by atoms with van der Waals surface area (Å²) in [5.41, 5.74) is -0.307. The molecule has 0 bridgehead atoms. The van der Waals surface area contributed by atoms with Crippen LogP contribution in [0.2, 0.25) is 10.0 Å². The van der Waals surface area contributed by atoms with Gasteiger partial charge in [0.2, 0.25) is 0 Å². The Balaban J connectivity index is 2.20. The van der Waals surface area contributed by atoms with Crippen molar-refractivity contribution in [3.63, 3.8) is 0 Å². The minimum absolute atomic E-state index is 0.0128. The Hall–Kier alpha value is -1.88. The van der Waals surface area contributed by atoms with E-state index in [1.807, 2.05) is 0 Å². The molecule has 1 amide bonds. The van der Waals surface area contributed by atoms with E-state index >= 15 is 0 Å². The highest BCUT2D eigenvalue weighted by Gasteiger charge is 2.32. The van der Waals surface area contributed by atoms with Gasteiger partial charge in [-0.3, -0.25) is 9.52 Å². The lowest BCUT2D eigenvalue weighted by Gasteiger charge is -2.13. The van der Waals surface area contributed by atoms with Gasteiger partial charge >= 0.3 is 6.36 Å². The van der Waals surface area contributed by atoms with Crippen LogP contribution in [-0.2, 0) is 0 Å². The molecule has 2 aromatic rings. The predicted molar refractivity (Wildman–Crippen MR) is 98.4 cm³/mol.